The van der Waals surface area contributed by atoms with Crippen molar-refractivity contribution in [1.82, 2.24) is 8.81 Å². The molecule has 9 heteroatoms. The predicted molar refractivity (Wildman–Crippen MR) is 102 cm³/mol. The summed E-state index contributed by atoms with van der Waals surface area (Å²) in [5, 5.41) is 7.46. The van der Waals surface area contributed by atoms with Gasteiger partial charge in [0.1, 0.15) is 0 Å². The standard InChI is InChI=1S/C19H15BrF3N3O2/c1-28-18(27)11-14-10-17(25-26(14)20)15-4-2-3-5-16(15)24-13-8-6-12(7-9-13)19(21,22)23/h2-10,24H,11H2,1H3. The SMILES string of the molecule is COC(=O)Cc1cc(-c2ccccc2Nc2ccc(C(F)(F)F)cc2)nn1Br. The van der Waals surface area contributed by atoms with Crippen molar-refractivity contribution in [2.45, 2.75) is 12.6 Å². The molecule has 146 valence electrons. The van der Waals surface area contributed by atoms with Gasteiger partial charge in [-0.05, 0) is 36.4 Å². The van der Waals surface area contributed by atoms with E-state index in [1.165, 1.54) is 23.0 Å². The Morgan fingerprint density at radius 2 is 1.86 bits per heavy atom. The van der Waals surface area contributed by atoms with Crippen LogP contribution in [0.15, 0.2) is 54.6 Å². The molecule has 0 aliphatic rings. The Morgan fingerprint density at radius 1 is 1.18 bits per heavy atom. The number of methoxy groups -OCH3 is 1. The Morgan fingerprint density at radius 3 is 2.50 bits per heavy atom. The third-order valence-electron chi connectivity index (χ3n) is 3.98. The van der Waals surface area contributed by atoms with E-state index in [-0.39, 0.29) is 6.42 Å². The minimum atomic E-state index is -4.38. The zero-order valence-electron chi connectivity index (χ0n) is 14.6. The smallest absolute Gasteiger partial charge is 0.416 e. The normalized spacial score (nSPS) is 11.3. The summed E-state index contributed by atoms with van der Waals surface area (Å²) in [4.78, 5) is 11.5. The van der Waals surface area contributed by atoms with Gasteiger partial charge in [-0.3, -0.25) is 4.79 Å². The number of nitrogens with zero attached hydrogens (tertiary/aromatic N) is 2. The average Bonchev–Trinajstić information content (AvgIpc) is 3.02. The summed E-state index contributed by atoms with van der Waals surface area (Å²) in [7, 11) is 1.31. The number of para-hydroxylation sites is 1. The van der Waals surface area contributed by atoms with Gasteiger partial charge in [-0.25, -0.2) is 3.71 Å². The number of benzene rings is 2. The maximum absolute atomic E-state index is 12.7. The zero-order chi connectivity index (χ0) is 20.3. The average molecular weight is 454 g/mol. The van der Waals surface area contributed by atoms with Crippen molar-refractivity contribution >= 4 is 33.5 Å². The molecule has 0 saturated heterocycles. The molecule has 0 aliphatic heterocycles. The highest BCUT2D eigenvalue weighted by atomic mass is 79.9. The minimum absolute atomic E-state index is 0.0449. The number of hydrogen-bond donors (Lipinski definition) is 1. The zero-order valence-corrected chi connectivity index (χ0v) is 16.2. The monoisotopic (exact) mass is 453 g/mol. The topological polar surface area (TPSA) is 56.1 Å². The first-order valence-corrected chi connectivity index (χ1v) is 8.84. The van der Waals surface area contributed by atoms with E-state index in [1.807, 2.05) is 12.1 Å². The van der Waals surface area contributed by atoms with Gasteiger partial charge in [-0.2, -0.15) is 18.3 Å². The van der Waals surface area contributed by atoms with Crippen molar-refractivity contribution < 1.29 is 22.7 Å². The van der Waals surface area contributed by atoms with Gasteiger partial charge < -0.3 is 10.1 Å². The second-order valence-corrected chi connectivity index (χ2v) is 6.55. The second kappa shape index (κ2) is 8.05. The molecule has 0 spiro atoms. The van der Waals surface area contributed by atoms with E-state index in [9.17, 15) is 18.0 Å². The number of nitrogens with one attached hydrogen (secondary N) is 1. The summed E-state index contributed by atoms with van der Waals surface area (Å²) in [6.07, 6.45) is -4.33. The molecule has 1 aromatic heterocycles. The Labute approximate surface area is 167 Å². The van der Waals surface area contributed by atoms with Crippen LogP contribution < -0.4 is 5.32 Å². The number of carbonyl (C=O) groups excluding carboxylic acids is 1. The Hall–Kier alpha value is -2.81. The van der Waals surface area contributed by atoms with Crippen LogP contribution in [0.4, 0.5) is 24.5 Å². The third-order valence-corrected chi connectivity index (χ3v) is 4.60. The van der Waals surface area contributed by atoms with E-state index in [0.29, 0.717) is 22.8 Å². The van der Waals surface area contributed by atoms with E-state index in [0.717, 1.165) is 17.7 Å². The molecular formula is C19H15BrF3N3O2. The number of halogens is 4. The Balaban J connectivity index is 1.88. The second-order valence-electron chi connectivity index (χ2n) is 5.88. The third kappa shape index (κ3) is 4.53. The number of rotatable bonds is 5. The molecule has 0 unspecified atom stereocenters. The van der Waals surface area contributed by atoms with Crippen molar-refractivity contribution in [3.63, 3.8) is 0 Å². The molecule has 0 radical (unpaired) electrons. The highest BCUT2D eigenvalue weighted by molar-refractivity contribution is 9.08. The summed E-state index contributed by atoms with van der Waals surface area (Å²) in [5.74, 6) is -0.400. The molecule has 0 bridgehead atoms. The number of aromatic nitrogens is 2. The lowest BCUT2D eigenvalue weighted by molar-refractivity contribution is -0.140. The van der Waals surface area contributed by atoms with Gasteiger partial charge in [0.25, 0.3) is 0 Å². The van der Waals surface area contributed by atoms with Crippen LogP contribution in [0.5, 0.6) is 0 Å². The van der Waals surface area contributed by atoms with Crippen LogP contribution >= 0.6 is 16.1 Å². The minimum Gasteiger partial charge on any atom is -0.469 e. The Bertz CT molecular complexity index is 985. The van der Waals surface area contributed by atoms with Gasteiger partial charge >= 0.3 is 12.1 Å². The summed E-state index contributed by atoms with van der Waals surface area (Å²) in [6, 6.07) is 13.7. The Kier molecular flexibility index (Phi) is 5.73. The first-order chi connectivity index (χ1) is 13.3. The van der Waals surface area contributed by atoms with Crippen molar-refractivity contribution in [3.05, 3.63) is 65.9 Å². The van der Waals surface area contributed by atoms with E-state index in [4.69, 9.17) is 0 Å². The number of hydrogen-bond acceptors (Lipinski definition) is 4. The van der Waals surface area contributed by atoms with Crippen LogP contribution in [0.25, 0.3) is 11.3 Å². The molecule has 3 rings (SSSR count). The van der Waals surface area contributed by atoms with Crippen molar-refractivity contribution in [2.24, 2.45) is 0 Å². The number of anilines is 2. The molecule has 28 heavy (non-hydrogen) atoms. The molecule has 0 amide bonds. The highest BCUT2D eigenvalue weighted by Gasteiger charge is 2.30. The molecule has 1 N–H and O–H groups in total. The van der Waals surface area contributed by atoms with E-state index in [2.05, 4.69) is 31.3 Å². The number of carbonyl (C=O) groups is 1. The van der Waals surface area contributed by atoms with Crippen molar-refractivity contribution in [2.75, 3.05) is 12.4 Å². The van der Waals surface area contributed by atoms with Crippen LogP contribution in [-0.2, 0) is 22.1 Å². The van der Waals surface area contributed by atoms with Gasteiger partial charge in [-0.15, -0.1) is 0 Å². The summed E-state index contributed by atoms with van der Waals surface area (Å²) >= 11 is 3.26. The summed E-state index contributed by atoms with van der Waals surface area (Å²) in [5.41, 5.74) is 2.38. The molecule has 0 atom stereocenters. The van der Waals surface area contributed by atoms with E-state index in [1.54, 1.807) is 18.2 Å². The van der Waals surface area contributed by atoms with E-state index >= 15 is 0 Å². The molecular weight excluding hydrogens is 439 g/mol. The van der Waals surface area contributed by atoms with Gasteiger partial charge in [0.05, 0.1) is 46.6 Å². The molecule has 3 aromatic rings. The molecule has 0 aliphatic carbocycles. The van der Waals surface area contributed by atoms with Crippen LogP contribution in [0.1, 0.15) is 11.3 Å². The van der Waals surface area contributed by atoms with Crippen molar-refractivity contribution in [3.8, 4) is 11.3 Å². The first kappa shape index (κ1) is 19.9. The van der Waals surface area contributed by atoms with Crippen LogP contribution in [0, 0.1) is 0 Å². The van der Waals surface area contributed by atoms with Gasteiger partial charge in [0.15, 0.2) is 0 Å². The number of esters is 1. The van der Waals surface area contributed by atoms with Crippen LogP contribution in [0.2, 0.25) is 0 Å². The quantitative estimate of drug-likeness (QED) is 0.540. The lowest BCUT2D eigenvalue weighted by Crippen LogP contribution is -2.06. The molecule has 0 fully saturated rings. The van der Waals surface area contributed by atoms with Crippen molar-refractivity contribution in [1.29, 1.82) is 0 Å². The molecule has 5 nitrogen and oxygen atoms in total. The fourth-order valence-electron chi connectivity index (χ4n) is 2.58. The number of alkyl halides is 3. The van der Waals surface area contributed by atoms with Gasteiger partial charge in [0, 0.05) is 16.9 Å². The lowest BCUT2D eigenvalue weighted by Gasteiger charge is -2.12. The fourth-order valence-corrected chi connectivity index (χ4v) is 2.98. The van der Waals surface area contributed by atoms with Crippen LogP contribution in [0.3, 0.4) is 0 Å². The predicted octanol–water partition coefficient (Wildman–Crippen LogP) is 5.19. The van der Waals surface area contributed by atoms with Gasteiger partial charge in [0.2, 0.25) is 0 Å². The lowest BCUT2D eigenvalue weighted by atomic mass is 10.1. The van der Waals surface area contributed by atoms with Crippen LogP contribution in [-0.4, -0.2) is 21.9 Å². The molecule has 2 aromatic carbocycles. The summed E-state index contributed by atoms with van der Waals surface area (Å²) in [6.45, 7) is 0. The van der Waals surface area contributed by atoms with Gasteiger partial charge in [-0.1, -0.05) is 18.2 Å². The first-order valence-electron chi connectivity index (χ1n) is 8.13. The number of ether oxygens (including phenoxy) is 1. The highest BCUT2D eigenvalue weighted by Crippen LogP contribution is 2.33. The maximum Gasteiger partial charge on any atom is 0.416 e. The fraction of sp³-hybridized carbons (Fsp3) is 0.158. The maximum atomic E-state index is 12.7. The molecule has 0 saturated carbocycles. The summed E-state index contributed by atoms with van der Waals surface area (Å²) < 4.78 is 44.2. The largest absolute Gasteiger partial charge is 0.469 e. The molecule has 1 heterocycles. The van der Waals surface area contributed by atoms with E-state index < -0.39 is 17.7 Å².